The Labute approximate surface area is 223 Å². The third-order valence-electron chi connectivity index (χ3n) is 6.14. The van der Waals surface area contributed by atoms with E-state index in [2.05, 4.69) is 11.8 Å². The van der Waals surface area contributed by atoms with Crippen molar-refractivity contribution in [3.05, 3.63) is 83.9 Å². The number of methoxy groups -OCH3 is 6. The quantitative estimate of drug-likeness (QED) is 0.253. The standard InChI is InChI=1S/C32H30O6/c1-33-27-17-23(18-28(34-2)31(27)37-5)25-13-9-7-11-21(25)15-16-22-12-8-10-14-26(22)24-19-29(35-3)32(38-6)30(20-24)36-4/h7-14,17-20H,1-6H3. The molecule has 0 N–H and O–H groups in total. The summed E-state index contributed by atoms with van der Waals surface area (Å²) in [5.41, 5.74) is 5.43. The molecule has 0 bridgehead atoms. The molecule has 0 amide bonds. The molecule has 0 heterocycles. The minimum Gasteiger partial charge on any atom is -0.493 e. The van der Waals surface area contributed by atoms with Crippen molar-refractivity contribution in [2.24, 2.45) is 0 Å². The molecule has 4 aromatic rings. The summed E-state index contributed by atoms with van der Waals surface area (Å²) in [5.74, 6) is 10.2. The van der Waals surface area contributed by atoms with Crippen molar-refractivity contribution in [1.82, 2.24) is 0 Å². The molecule has 4 rings (SSSR count). The lowest BCUT2D eigenvalue weighted by Crippen LogP contribution is -1.96. The lowest BCUT2D eigenvalue weighted by atomic mass is 9.97. The Morgan fingerprint density at radius 1 is 0.421 bits per heavy atom. The highest BCUT2D eigenvalue weighted by Crippen LogP contribution is 2.43. The summed E-state index contributed by atoms with van der Waals surface area (Å²) >= 11 is 0. The summed E-state index contributed by atoms with van der Waals surface area (Å²) in [6, 6.07) is 23.6. The SMILES string of the molecule is COc1cc(-c2ccccc2C#Cc2ccccc2-c2cc(OC)c(OC)c(OC)c2)cc(OC)c1OC. The first-order valence-electron chi connectivity index (χ1n) is 11.9. The lowest BCUT2D eigenvalue weighted by Gasteiger charge is -2.15. The van der Waals surface area contributed by atoms with Gasteiger partial charge >= 0.3 is 0 Å². The highest BCUT2D eigenvalue weighted by molar-refractivity contribution is 5.78. The maximum Gasteiger partial charge on any atom is 0.203 e. The Hall–Kier alpha value is -4.76. The van der Waals surface area contributed by atoms with Crippen LogP contribution < -0.4 is 28.4 Å². The average Bonchev–Trinajstić information content (AvgIpc) is 2.98. The van der Waals surface area contributed by atoms with Crippen LogP contribution in [-0.4, -0.2) is 42.7 Å². The van der Waals surface area contributed by atoms with E-state index in [1.807, 2.05) is 72.8 Å². The Kier molecular flexibility index (Phi) is 8.30. The number of ether oxygens (including phenoxy) is 6. The summed E-state index contributed by atoms with van der Waals surface area (Å²) in [6.07, 6.45) is 0. The normalized spacial score (nSPS) is 10.2. The maximum absolute atomic E-state index is 5.56. The van der Waals surface area contributed by atoms with Gasteiger partial charge in [0.1, 0.15) is 0 Å². The molecule has 0 fully saturated rings. The van der Waals surface area contributed by atoms with E-state index in [-0.39, 0.29) is 0 Å². The molecule has 0 aliphatic heterocycles. The first kappa shape index (κ1) is 26.3. The molecule has 0 atom stereocenters. The van der Waals surface area contributed by atoms with Crippen molar-refractivity contribution in [1.29, 1.82) is 0 Å². The number of benzene rings is 4. The Bertz CT molecular complexity index is 1330. The van der Waals surface area contributed by atoms with Crippen LogP contribution in [0.25, 0.3) is 22.3 Å². The van der Waals surface area contributed by atoms with Gasteiger partial charge in [-0.2, -0.15) is 0 Å². The van der Waals surface area contributed by atoms with Gasteiger partial charge in [0.05, 0.1) is 42.7 Å². The molecular weight excluding hydrogens is 480 g/mol. The zero-order valence-corrected chi connectivity index (χ0v) is 22.4. The molecule has 0 unspecified atom stereocenters. The molecule has 38 heavy (non-hydrogen) atoms. The van der Waals surface area contributed by atoms with E-state index in [0.29, 0.717) is 34.5 Å². The van der Waals surface area contributed by atoms with Gasteiger partial charge in [-0.15, -0.1) is 0 Å². The van der Waals surface area contributed by atoms with Crippen LogP contribution in [0, 0.1) is 11.8 Å². The Morgan fingerprint density at radius 2 is 0.737 bits per heavy atom. The predicted octanol–water partition coefficient (Wildman–Crippen LogP) is 6.47. The maximum atomic E-state index is 5.56. The molecule has 0 aliphatic rings. The van der Waals surface area contributed by atoms with E-state index in [4.69, 9.17) is 28.4 Å². The molecule has 0 aliphatic carbocycles. The third-order valence-corrected chi connectivity index (χ3v) is 6.14. The van der Waals surface area contributed by atoms with Crippen LogP contribution in [-0.2, 0) is 0 Å². The van der Waals surface area contributed by atoms with Crippen LogP contribution in [0.2, 0.25) is 0 Å². The van der Waals surface area contributed by atoms with Gasteiger partial charge < -0.3 is 28.4 Å². The van der Waals surface area contributed by atoms with Crippen molar-refractivity contribution in [2.45, 2.75) is 0 Å². The summed E-state index contributed by atoms with van der Waals surface area (Å²) < 4.78 is 33.2. The van der Waals surface area contributed by atoms with Crippen LogP contribution in [0.3, 0.4) is 0 Å². The van der Waals surface area contributed by atoms with E-state index < -0.39 is 0 Å². The van der Waals surface area contributed by atoms with Gasteiger partial charge in [-0.25, -0.2) is 0 Å². The fourth-order valence-electron chi connectivity index (χ4n) is 4.30. The second-order valence-electron chi connectivity index (χ2n) is 8.17. The van der Waals surface area contributed by atoms with Crippen molar-refractivity contribution in [3.63, 3.8) is 0 Å². The molecule has 0 saturated carbocycles. The van der Waals surface area contributed by atoms with Gasteiger partial charge in [-0.1, -0.05) is 48.2 Å². The first-order valence-corrected chi connectivity index (χ1v) is 11.9. The molecule has 0 spiro atoms. The number of hydrogen-bond acceptors (Lipinski definition) is 6. The van der Waals surface area contributed by atoms with Crippen LogP contribution in [0.15, 0.2) is 72.8 Å². The van der Waals surface area contributed by atoms with Gasteiger partial charge in [0, 0.05) is 11.1 Å². The van der Waals surface area contributed by atoms with Gasteiger partial charge in [0.15, 0.2) is 23.0 Å². The highest BCUT2D eigenvalue weighted by atomic mass is 16.5. The number of rotatable bonds is 8. The van der Waals surface area contributed by atoms with Gasteiger partial charge in [-0.05, 0) is 58.7 Å². The van der Waals surface area contributed by atoms with E-state index in [9.17, 15) is 0 Å². The molecule has 0 aromatic heterocycles. The minimum atomic E-state index is 0.543. The Balaban J connectivity index is 1.82. The first-order chi connectivity index (χ1) is 18.6. The van der Waals surface area contributed by atoms with Crippen LogP contribution in [0.5, 0.6) is 34.5 Å². The number of hydrogen-bond donors (Lipinski definition) is 0. The van der Waals surface area contributed by atoms with E-state index >= 15 is 0 Å². The average molecular weight is 511 g/mol. The molecule has 0 radical (unpaired) electrons. The molecule has 6 heteroatoms. The molecule has 4 aromatic carbocycles. The smallest absolute Gasteiger partial charge is 0.203 e. The van der Waals surface area contributed by atoms with E-state index in [0.717, 1.165) is 33.4 Å². The summed E-state index contributed by atoms with van der Waals surface area (Å²) in [6.45, 7) is 0. The summed E-state index contributed by atoms with van der Waals surface area (Å²) in [7, 11) is 9.59. The van der Waals surface area contributed by atoms with Crippen molar-refractivity contribution in [2.75, 3.05) is 42.7 Å². The lowest BCUT2D eigenvalue weighted by molar-refractivity contribution is 0.324. The van der Waals surface area contributed by atoms with Crippen LogP contribution in [0.1, 0.15) is 11.1 Å². The second-order valence-corrected chi connectivity index (χ2v) is 8.17. The third kappa shape index (κ3) is 5.18. The van der Waals surface area contributed by atoms with Crippen molar-refractivity contribution >= 4 is 0 Å². The fourth-order valence-corrected chi connectivity index (χ4v) is 4.30. The molecule has 194 valence electrons. The van der Waals surface area contributed by atoms with Crippen molar-refractivity contribution in [3.8, 4) is 68.6 Å². The van der Waals surface area contributed by atoms with E-state index in [1.54, 1.807) is 42.7 Å². The van der Waals surface area contributed by atoms with Crippen LogP contribution in [0.4, 0.5) is 0 Å². The largest absolute Gasteiger partial charge is 0.493 e. The summed E-state index contributed by atoms with van der Waals surface area (Å²) in [5, 5.41) is 0. The monoisotopic (exact) mass is 510 g/mol. The zero-order chi connectivity index (χ0) is 27.1. The van der Waals surface area contributed by atoms with Crippen LogP contribution >= 0.6 is 0 Å². The molecule has 6 nitrogen and oxygen atoms in total. The zero-order valence-electron chi connectivity index (χ0n) is 22.4. The Morgan fingerprint density at radius 3 is 1.03 bits per heavy atom. The molecular formula is C32H30O6. The van der Waals surface area contributed by atoms with Gasteiger partial charge in [0.25, 0.3) is 0 Å². The second kappa shape index (κ2) is 12.0. The summed E-state index contributed by atoms with van der Waals surface area (Å²) in [4.78, 5) is 0. The minimum absolute atomic E-state index is 0.543. The van der Waals surface area contributed by atoms with Gasteiger partial charge in [0.2, 0.25) is 11.5 Å². The van der Waals surface area contributed by atoms with Crippen molar-refractivity contribution < 1.29 is 28.4 Å². The van der Waals surface area contributed by atoms with E-state index in [1.165, 1.54) is 0 Å². The molecule has 0 saturated heterocycles. The van der Waals surface area contributed by atoms with Gasteiger partial charge in [-0.3, -0.25) is 0 Å². The predicted molar refractivity (Wildman–Crippen MR) is 149 cm³/mol. The highest BCUT2D eigenvalue weighted by Gasteiger charge is 2.17. The fraction of sp³-hybridized carbons (Fsp3) is 0.188. The topological polar surface area (TPSA) is 55.4 Å².